The van der Waals surface area contributed by atoms with Crippen molar-refractivity contribution in [2.75, 3.05) is 19.6 Å². The van der Waals surface area contributed by atoms with Crippen molar-refractivity contribution in [2.24, 2.45) is 0 Å². The predicted octanol–water partition coefficient (Wildman–Crippen LogP) is 2.39. The Morgan fingerprint density at radius 2 is 2.08 bits per heavy atom. The van der Waals surface area contributed by atoms with Crippen molar-refractivity contribution in [2.45, 2.75) is 31.9 Å². The highest BCUT2D eigenvalue weighted by atomic mass is 32.1. The van der Waals surface area contributed by atoms with Crippen molar-refractivity contribution in [1.29, 1.82) is 0 Å². The van der Waals surface area contributed by atoms with E-state index in [1.54, 1.807) is 11.3 Å². The van der Waals surface area contributed by atoms with Gasteiger partial charge in [0.15, 0.2) is 0 Å². The molecule has 0 saturated carbocycles. The molecule has 0 aliphatic carbocycles. The number of rotatable bonds is 6. The van der Waals surface area contributed by atoms with Crippen LogP contribution in [0, 0.1) is 0 Å². The number of aliphatic hydroxyl groups is 1. The quantitative estimate of drug-likeness (QED) is 0.846. The maximum absolute atomic E-state index is 12.2. The standard InChI is InChI=1S/C19H24N2O2S/c1-14(18-7-4-10-24-18)19(23)20-11-17(22)13-21-9-8-15-5-2-3-6-16(15)12-21/h2-7,10,14,17,22H,8-9,11-13H2,1H3,(H,20,23). The second-order valence-electron chi connectivity index (χ2n) is 6.39. The molecule has 0 spiro atoms. The zero-order chi connectivity index (χ0) is 16.9. The van der Waals surface area contributed by atoms with Gasteiger partial charge in [0.25, 0.3) is 0 Å². The van der Waals surface area contributed by atoms with E-state index in [0.29, 0.717) is 13.1 Å². The second-order valence-corrected chi connectivity index (χ2v) is 7.37. The summed E-state index contributed by atoms with van der Waals surface area (Å²) in [5, 5.41) is 15.1. The lowest BCUT2D eigenvalue weighted by molar-refractivity contribution is -0.122. The van der Waals surface area contributed by atoms with Gasteiger partial charge in [-0.05, 0) is 35.9 Å². The third kappa shape index (κ3) is 4.23. The molecule has 2 unspecified atom stereocenters. The average molecular weight is 344 g/mol. The minimum atomic E-state index is -0.547. The van der Waals surface area contributed by atoms with Gasteiger partial charge in [-0.2, -0.15) is 0 Å². The third-order valence-corrected chi connectivity index (χ3v) is 5.61. The molecule has 0 fully saturated rings. The lowest BCUT2D eigenvalue weighted by Crippen LogP contribution is -2.42. The van der Waals surface area contributed by atoms with E-state index in [1.165, 1.54) is 11.1 Å². The van der Waals surface area contributed by atoms with Crippen LogP contribution in [0.4, 0.5) is 0 Å². The van der Waals surface area contributed by atoms with Crippen LogP contribution in [-0.4, -0.2) is 41.7 Å². The molecule has 128 valence electrons. The van der Waals surface area contributed by atoms with Crippen LogP contribution < -0.4 is 5.32 Å². The molecule has 1 amide bonds. The summed E-state index contributed by atoms with van der Waals surface area (Å²) in [5.74, 6) is -0.195. The normalized spacial score (nSPS) is 17.1. The number of nitrogens with zero attached hydrogens (tertiary/aromatic N) is 1. The molecule has 3 rings (SSSR count). The molecule has 1 aliphatic rings. The fourth-order valence-corrected chi connectivity index (χ4v) is 3.89. The number of carbonyl (C=O) groups excluding carboxylic acids is 1. The van der Waals surface area contributed by atoms with Gasteiger partial charge >= 0.3 is 0 Å². The highest BCUT2D eigenvalue weighted by molar-refractivity contribution is 7.10. The summed E-state index contributed by atoms with van der Waals surface area (Å²) in [7, 11) is 0. The molecule has 24 heavy (non-hydrogen) atoms. The van der Waals surface area contributed by atoms with Gasteiger partial charge in [-0.1, -0.05) is 30.3 Å². The monoisotopic (exact) mass is 344 g/mol. The molecular formula is C19H24N2O2S. The number of aliphatic hydroxyl groups excluding tert-OH is 1. The smallest absolute Gasteiger partial charge is 0.228 e. The topological polar surface area (TPSA) is 52.6 Å². The van der Waals surface area contributed by atoms with E-state index in [-0.39, 0.29) is 11.8 Å². The number of nitrogens with one attached hydrogen (secondary N) is 1. The van der Waals surface area contributed by atoms with Crippen molar-refractivity contribution in [3.05, 3.63) is 57.8 Å². The maximum atomic E-state index is 12.2. The highest BCUT2D eigenvalue weighted by Gasteiger charge is 2.20. The van der Waals surface area contributed by atoms with E-state index in [9.17, 15) is 9.90 Å². The van der Waals surface area contributed by atoms with Gasteiger partial charge < -0.3 is 10.4 Å². The molecule has 2 aromatic rings. The van der Waals surface area contributed by atoms with E-state index >= 15 is 0 Å². The Morgan fingerprint density at radius 3 is 2.83 bits per heavy atom. The predicted molar refractivity (Wildman–Crippen MR) is 97.2 cm³/mol. The fraction of sp³-hybridized carbons (Fsp3) is 0.421. The molecule has 2 N–H and O–H groups in total. The van der Waals surface area contributed by atoms with Crippen LogP contribution in [0.5, 0.6) is 0 Å². The van der Waals surface area contributed by atoms with Crippen LogP contribution in [0.1, 0.15) is 28.8 Å². The van der Waals surface area contributed by atoms with E-state index < -0.39 is 6.10 Å². The molecule has 4 nitrogen and oxygen atoms in total. The molecule has 1 aromatic carbocycles. The van der Waals surface area contributed by atoms with Crippen molar-refractivity contribution < 1.29 is 9.90 Å². The van der Waals surface area contributed by atoms with E-state index in [0.717, 1.165) is 24.4 Å². The summed E-state index contributed by atoms with van der Waals surface area (Å²) < 4.78 is 0. The molecule has 1 aromatic heterocycles. The first kappa shape index (κ1) is 17.1. The maximum Gasteiger partial charge on any atom is 0.228 e. The van der Waals surface area contributed by atoms with Gasteiger partial charge in [-0.15, -0.1) is 11.3 Å². The van der Waals surface area contributed by atoms with Gasteiger partial charge in [-0.3, -0.25) is 9.69 Å². The molecule has 0 radical (unpaired) electrons. The molecule has 0 bridgehead atoms. The minimum Gasteiger partial charge on any atom is -0.390 e. The molecule has 0 saturated heterocycles. The Labute approximate surface area is 147 Å². The summed E-state index contributed by atoms with van der Waals surface area (Å²) in [6.45, 7) is 4.60. The number of benzene rings is 1. The van der Waals surface area contributed by atoms with Gasteiger partial charge in [0.05, 0.1) is 12.0 Å². The first-order chi connectivity index (χ1) is 11.6. The Bertz CT molecular complexity index is 672. The van der Waals surface area contributed by atoms with Crippen molar-refractivity contribution in [1.82, 2.24) is 10.2 Å². The minimum absolute atomic E-state index is 0.0273. The third-order valence-electron chi connectivity index (χ3n) is 4.55. The Balaban J connectivity index is 1.45. The summed E-state index contributed by atoms with van der Waals surface area (Å²) in [5.41, 5.74) is 2.74. The van der Waals surface area contributed by atoms with Crippen molar-refractivity contribution >= 4 is 17.2 Å². The van der Waals surface area contributed by atoms with Crippen LogP contribution in [-0.2, 0) is 17.8 Å². The number of amides is 1. The molecule has 1 aliphatic heterocycles. The summed E-state index contributed by atoms with van der Waals surface area (Å²) in [6, 6.07) is 12.4. The number of carbonyl (C=O) groups is 1. The van der Waals surface area contributed by atoms with Crippen LogP contribution in [0.2, 0.25) is 0 Å². The summed E-state index contributed by atoms with van der Waals surface area (Å²) in [6.07, 6.45) is 0.472. The number of hydrogen-bond acceptors (Lipinski definition) is 4. The van der Waals surface area contributed by atoms with Gasteiger partial charge in [0, 0.05) is 31.1 Å². The molecular weight excluding hydrogens is 320 g/mol. The Hall–Kier alpha value is -1.69. The zero-order valence-electron chi connectivity index (χ0n) is 13.9. The van der Waals surface area contributed by atoms with E-state index in [1.807, 2.05) is 24.4 Å². The zero-order valence-corrected chi connectivity index (χ0v) is 14.8. The van der Waals surface area contributed by atoms with E-state index in [4.69, 9.17) is 0 Å². The Kier molecular flexibility index (Phi) is 5.66. The van der Waals surface area contributed by atoms with Gasteiger partial charge in [0.1, 0.15) is 0 Å². The summed E-state index contributed by atoms with van der Waals surface area (Å²) in [4.78, 5) is 15.5. The van der Waals surface area contributed by atoms with Crippen molar-refractivity contribution in [3.8, 4) is 0 Å². The largest absolute Gasteiger partial charge is 0.390 e. The van der Waals surface area contributed by atoms with Crippen LogP contribution in [0.15, 0.2) is 41.8 Å². The molecule has 2 atom stereocenters. The number of fused-ring (bicyclic) bond motifs is 1. The molecule has 2 heterocycles. The number of thiophene rings is 1. The molecule has 5 heteroatoms. The number of hydrogen-bond donors (Lipinski definition) is 2. The fourth-order valence-electron chi connectivity index (χ4n) is 3.11. The number of β-amino-alcohol motifs (C(OH)–C–C–N with tert-alkyl or cyclic N) is 1. The van der Waals surface area contributed by atoms with Gasteiger partial charge in [0.2, 0.25) is 5.91 Å². The van der Waals surface area contributed by atoms with E-state index in [2.05, 4.69) is 34.5 Å². The highest BCUT2D eigenvalue weighted by Crippen LogP contribution is 2.21. The Morgan fingerprint density at radius 1 is 1.29 bits per heavy atom. The van der Waals surface area contributed by atoms with Crippen LogP contribution in [0.3, 0.4) is 0 Å². The van der Waals surface area contributed by atoms with Crippen LogP contribution in [0.25, 0.3) is 0 Å². The second kappa shape index (κ2) is 7.92. The lowest BCUT2D eigenvalue weighted by atomic mass is 10.00. The summed E-state index contributed by atoms with van der Waals surface area (Å²) >= 11 is 1.58. The lowest BCUT2D eigenvalue weighted by Gasteiger charge is -2.30. The first-order valence-corrected chi connectivity index (χ1v) is 9.30. The SMILES string of the molecule is CC(C(=O)NCC(O)CN1CCc2ccccc2C1)c1cccs1. The van der Waals surface area contributed by atoms with Crippen LogP contribution >= 0.6 is 11.3 Å². The first-order valence-electron chi connectivity index (χ1n) is 8.42. The average Bonchev–Trinajstić information content (AvgIpc) is 3.13. The van der Waals surface area contributed by atoms with Crippen molar-refractivity contribution in [3.63, 3.8) is 0 Å². The van der Waals surface area contributed by atoms with Gasteiger partial charge in [-0.25, -0.2) is 0 Å².